The summed E-state index contributed by atoms with van der Waals surface area (Å²) >= 11 is 0. The molecule has 19 rings (SSSR count). The SMILES string of the molecule is C=C1Cc2c(N)nc(OC(C)CCC)nc2N(Cc2ccc(C)nc2)C1.C=C1Cc2c(N)nc(OCCCC)nc2N(CCC2CCN(Cc3ccccc3)CC2)C1.C=C1Cc2c(N)nc(OCCCC)nc2N(CCC2CCNCC2)C1.CCCCOc1nc(N)c2c(n1)N(Cc1ccc3c(c1)CCN(C(C)C)C3)CC(=O)C2.CCCCOc1nc(N)c2c(n1)N(Cc1ccc3c(c1)CCN(CC1CC1)C3)CC(=O)C2. The number of ether oxygens (including phenoxy) is 5. The van der Waals surface area contributed by atoms with Crippen LogP contribution in [0.1, 0.15) is 249 Å². The maximum atomic E-state index is 12.4. The van der Waals surface area contributed by atoms with E-state index in [-0.39, 0.29) is 30.5 Å². The molecule has 32 nitrogen and oxygen atoms in total. The van der Waals surface area contributed by atoms with Gasteiger partial charge in [0.25, 0.3) is 0 Å². The smallest absolute Gasteiger partial charge is 0.320 e. The number of likely N-dealkylation sites (tertiary alicyclic amines) is 1. The first-order valence-electron chi connectivity index (χ1n) is 54.1. The number of nitrogens with one attached hydrogen (secondary N) is 1. The first-order valence-corrected chi connectivity index (χ1v) is 54.1. The standard InChI is InChI=1S/C26H37N5O.C25H33N5O2.C24H33N5O2.C20H27N5O.C19H31N5O/c1-3-4-16-32-26-28-24(27)23-17-20(2)18-31(25(23)29-26)15-12-21-10-13-30(14-11-21)19-22-8-6-5-7-9-22;1-2-3-10-32-25-27-23(26)22-12-21(31)16-30(24(22)28-25)14-18-6-7-20-15-29(13-17-4-5-17)9-8-19(20)11-18;1-4-5-10-31-24-26-22(25)21-12-20(30)15-29(23(21)27-24)13-17-6-7-19-14-28(16(2)3)9-8-18(19)11-17;1-5-6-15(4)26-20-23-18(21)17-9-13(2)11-25(19(17)24-20)12-16-8-7-14(3)22-10-16;1-3-4-11-25-19-22-17(20)16-12-14(2)13-24(18(16)23-19)10-7-15-5-8-21-9-6-15/h5-9,21H,2-4,10-19H2,1H3,(H2,27,28,29);6-7,11,17H,2-5,8-10,12-16H2,1H3,(H2,26,27,28);6-7,11,16H,4-5,8-10,12-15H2,1-3H3,(H2,25,26,27);7-8,10,15H,2,5-6,9,11-12H2,1,3-4H3,(H2,21,23,24);15,21H,2-13H2,1H3,(H2,20,22,23). The molecule has 0 bridgehead atoms. The molecule has 784 valence electrons. The number of nitrogen functional groups attached to an aromatic ring is 5. The number of fused-ring (bicyclic) bond motifs is 7. The van der Waals surface area contributed by atoms with Gasteiger partial charge < -0.3 is 82.2 Å². The number of aryl methyl sites for hydroxylation is 1. The van der Waals surface area contributed by atoms with Crippen molar-refractivity contribution in [2.75, 3.05) is 171 Å². The van der Waals surface area contributed by atoms with Crippen LogP contribution in [0.4, 0.5) is 58.2 Å². The third-order valence-electron chi connectivity index (χ3n) is 29.1. The zero-order valence-corrected chi connectivity index (χ0v) is 88.5. The van der Waals surface area contributed by atoms with E-state index in [1.54, 1.807) is 0 Å². The molecule has 0 amide bonds. The van der Waals surface area contributed by atoms with Gasteiger partial charge in [-0.1, -0.05) is 176 Å². The van der Waals surface area contributed by atoms with Crippen LogP contribution in [0.25, 0.3) is 0 Å². The lowest BCUT2D eigenvalue weighted by Crippen LogP contribution is -2.37. The zero-order valence-electron chi connectivity index (χ0n) is 88.5. The molecular formula is C114H161N25O7. The molecule has 11 N–H and O–H groups in total. The molecule has 10 aliphatic rings. The Kier molecular flexibility index (Phi) is 39.0. The van der Waals surface area contributed by atoms with Crippen LogP contribution in [-0.4, -0.2) is 211 Å². The molecule has 0 radical (unpaired) electrons. The number of rotatable bonds is 37. The highest BCUT2D eigenvalue weighted by molar-refractivity contribution is 5.92. The zero-order chi connectivity index (χ0) is 103. The van der Waals surface area contributed by atoms with Gasteiger partial charge in [-0.25, -0.2) is 0 Å². The number of unbranched alkanes of at least 4 members (excludes halogenated alkanes) is 4. The molecular weight excluding hydrogens is 1830 g/mol. The minimum absolute atomic E-state index is 0.0609. The van der Waals surface area contributed by atoms with Crippen LogP contribution in [-0.2, 0) is 93.8 Å². The quantitative estimate of drug-likeness (QED) is 0.0156. The van der Waals surface area contributed by atoms with Crippen molar-refractivity contribution in [3.63, 3.8) is 0 Å². The Morgan fingerprint density at radius 2 is 0.808 bits per heavy atom. The molecule has 1 atom stereocenters. The van der Waals surface area contributed by atoms with Gasteiger partial charge in [0.05, 0.1) is 45.6 Å². The van der Waals surface area contributed by atoms with Gasteiger partial charge in [0.2, 0.25) is 0 Å². The van der Waals surface area contributed by atoms with E-state index in [0.717, 1.165) is 254 Å². The highest BCUT2D eigenvalue weighted by Crippen LogP contribution is 2.41. The van der Waals surface area contributed by atoms with Gasteiger partial charge in [0, 0.05) is 169 Å². The largest absolute Gasteiger partial charge is 0.463 e. The second kappa shape index (κ2) is 52.8. The fourth-order valence-electron chi connectivity index (χ4n) is 20.6. The predicted octanol–water partition coefficient (Wildman–Crippen LogP) is 16.7. The summed E-state index contributed by atoms with van der Waals surface area (Å²) in [4.78, 5) is 92.8. The van der Waals surface area contributed by atoms with Gasteiger partial charge in [-0.15, -0.1) is 0 Å². The van der Waals surface area contributed by atoms with Crippen LogP contribution >= 0.6 is 0 Å². The van der Waals surface area contributed by atoms with Gasteiger partial charge in [0.1, 0.15) is 58.2 Å². The van der Waals surface area contributed by atoms with Crippen LogP contribution in [0.5, 0.6) is 30.1 Å². The number of anilines is 10. The van der Waals surface area contributed by atoms with E-state index in [1.165, 1.54) is 121 Å². The lowest BCUT2D eigenvalue weighted by molar-refractivity contribution is -0.118. The molecule has 1 aliphatic carbocycles. The number of nitrogens with two attached hydrogens (primary N) is 5. The van der Waals surface area contributed by atoms with Gasteiger partial charge in [0.15, 0.2) is 11.6 Å². The average Bonchev–Trinajstić information content (AvgIpc) is 1.89. The Morgan fingerprint density at radius 1 is 0.397 bits per heavy atom. The summed E-state index contributed by atoms with van der Waals surface area (Å²) in [5.74, 6) is 9.15. The highest BCUT2D eigenvalue weighted by Gasteiger charge is 2.36. The number of ketones is 2. The van der Waals surface area contributed by atoms with Gasteiger partial charge >= 0.3 is 30.1 Å². The number of hydrogen-bond acceptors (Lipinski definition) is 32. The molecule has 15 heterocycles. The van der Waals surface area contributed by atoms with Crippen molar-refractivity contribution >= 4 is 69.7 Å². The number of piperidine rings is 2. The lowest BCUT2D eigenvalue weighted by atomic mass is 9.92. The van der Waals surface area contributed by atoms with Crippen molar-refractivity contribution in [1.82, 2.24) is 74.8 Å². The Hall–Kier alpha value is -12.4. The van der Waals surface area contributed by atoms with E-state index >= 15 is 0 Å². The lowest BCUT2D eigenvalue weighted by Gasteiger charge is -2.35. The molecule has 1 saturated carbocycles. The van der Waals surface area contributed by atoms with Crippen molar-refractivity contribution in [3.8, 4) is 30.1 Å². The molecule has 0 spiro atoms. The van der Waals surface area contributed by atoms with Crippen LogP contribution in [0.2, 0.25) is 0 Å². The summed E-state index contributed by atoms with van der Waals surface area (Å²) in [6.07, 6.45) is 27.2. The number of carbonyl (C=O) groups is 2. The molecule has 9 aliphatic heterocycles. The molecule has 3 aromatic carbocycles. The normalized spacial score (nSPS) is 17.1. The number of hydrogen-bond donors (Lipinski definition) is 6. The minimum atomic E-state index is 0.0609. The monoisotopic (exact) mass is 1990 g/mol. The first-order chi connectivity index (χ1) is 70.8. The maximum Gasteiger partial charge on any atom is 0.320 e. The second-order valence-electron chi connectivity index (χ2n) is 41.8. The third-order valence-corrected chi connectivity index (χ3v) is 29.1. The summed E-state index contributed by atoms with van der Waals surface area (Å²) in [5, 5.41) is 3.43. The Balaban J connectivity index is 0.000000137. The van der Waals surface area contributed by atoms with E-state index in [9.17, 15) is 9.59 Å². The summed E-state index contributed by atoms with van der Waals surface area (Å²) in [7, 11) is 0. The highest BCUT2D eigenvalue weighted by atomic mass is 16.5. The Bertz CT molecular complexity index is 5870. The van der Waals surface area contributed by atoms with Crippen molar-refractivity contribution in [3.05, 3.63) is 200 Å². The molecule has 3 fully saturated rings. The Morgan fingerprint density at radius 3 is 1.25 bits per heavy atom. The number of pyridine rings is 1. The summed E-state index contributed by atoms with van der Waals surface area (Å²) in [6.45, 7) is 52.3. The van der Waals surface area contributed by atoms with Crippen LogP contribution in [0.3, 0.4) is 0 Å². The summed E-state index contributed by atoms with van der Waals surface area (Å²) in [6, 6.07) is 30.7. The third kappa shape index (κ3) is 30.4. The predicted molar refractivity (Wildman–Crippen MR) is 584 cm³/mol. The summed E-state index contributed by atoms with van der Waals surface area (Å²) in [5.41, 5.74) is 50.5. The molecule has 1 unspecified atom stereocenters. The van der Waals surface area contributed by atoms with E-state index in [0.29, 0.717) is 136 Å². The maximum absolute atomic E-state index is 12.4. The average molecular weight is 1990 g/mol. The van der Waals surface area contributed by atoms with Gasteiger partial charge in [-0.2, -0.15) is 49.8 Å². The van der Waals surface area contributed by atoms with E-state index < -0.39 is 0 Å². The molecule has 146 heavy (non-hydrogen) atoms. The fourth-order valence-corrected chi connectivity index (χ4v) is 20.6. The molecule has 32 heteroatoms. The van der Waals surface area contributed by atoms with Crippen molar-refractivity contribution in [2.24, 2.45) is 17.8 Å². The molecule has 2 saturated heterocycles. The number of benzene rings is 3. The number of Topliss-reactive ketones (excluding diaryl/α,β-unsaturated/α-hetero) is 2. The minimum Gasteiger partial charge on any atom is -0.463 e. The summed E-state index contributed by atoms with van der Waals surface area (Å²) < 4.78 is 28.8. The second-order valence-corrected chi connectivity index (χ2v) is 41.8. The number of aromatic nitrogens is 11. The number of carbonyl (C=O) groups excluding carboxylic acids is 2. The van der Waals surface area contributed by atoms with Crippen LogP contribution in [0.15, 0.2) is 122 Å². The van der Waals surface area contributed by atoms with Crippen molar-refractivity contribution in [2.45, 2.75) is 274 Å². The molecule has 9 aromatic rings. The van der Waals surface area contributed by atoms with Gasteiger partial charge in [-0.05, 0) is 219 Å². The Labute approximate surface area is 865 Å². The van der Waals surface area contributed by atoms with Crippen molar-refractivity contribution in [1.29, 1.82) is 0 Å². The van der Waals surface area contributed by atoms with Gasteiger partial charge in [-0.3, -0.25) is 29.3 Å². The molecule has 6 aromatic heterocycles. The van der Waals surface area contributed by atoms with E-state index in [4.69, 9.17) is 57.3 Å². The fraction of sp³-hybridized carbons (Fsp3) is 0.553. The van der Waals surface area contributed by atoms with E-state index in [2.05, 4.69) is 226 Å². The van der Waals surface area contributed by atoms with Crippen LogP contribution < -0.4 is 82.2 Å². The number of nitrogens with zero attached hydrogens (tertiary/aromatic N) is 19. The van der Waals surface area contributed by atoms with Crippen LogP contribution in [0, 0.1) is 24.7 Å². The first kappa shape index (κ1) is 108. The van der Waals surface area contributed by atoms with E-state index in [1.807, 2.05) is 35.9 Å². The topological polar surface area (TPSA) is 390 Å². The van der Waals surface area contributed by atoms with Crippen molar-refractivity contribution < 1.29 is 33.3 Å².